The minimum absolute atomic E-state index is 0.0979. The highest BCUT2D eigenvalue weighted by molar-refractivity contribution is 5.97. The van der Waals surface area contributed by atoms with E-state index < -0.39 is 0 Å². The first-order chi connectivity index (χ1) is 15.5. The molecule has 1 unspecified atom stereocenters. The predicted octanol–water partition coefficient (Wildman–Crippen LogP) is 6.38. The maximum Gasteiger partial charge on any atom is 0.306 e. The van der Waals surface area contributed by atoms with Crippen LogP contribution in [0.2, 0.25) is 0 Å². The van der Waals surface area contributed by atoms with Crippen molar-refractivity contribution in [2.45, 2.75) is 58.1 Å². The number of hydrogen-bond donors (Lipinski definition) is 0. The molecule has 1 aliphatic heterocycles. The number of carbonyl (C=O) groups is 2. The van der Waals surface area contributed by atoms with Crippen LogP contribution in [0.3, 0.4) is 0 Å². The fourth-order valence-electron chi connectivity index (χ4n) is 4.69. The minimum atomic E-state index is -0.304. The summed E-state index contributed by atoms with van der Waals surface area (Å²) in [6.45, 7) is 4.75. The summed E-state index contributed by atoms with van der Waals surface area (Å²) in [5, 5.41) is 0. The first-order valence-corrected chi connectivity index (χ1v) is 11.2. The van der Waals surface area contributed by atoms with Gasteiger partial charge in [0.15, 0.2) is 6.29 Å². The lowest BCUT2D eigenvalue weighted by atomic mass is 9.96. The van der Waals surface area contributed by atoms with Crippen molar-refractivity contribution >= 4 is 12.3 Å². The molecule has 0 N–H and O–H groups in total. The molecule has 2 aromatic carbocycles. The Bertz CT molecular complexity index is 1100. The molecule has 4 rings (SSSR count). The second kappa shape index (κ2) is 9.51. The Labute approximate surface area is 188 Å². The van der Waals surface area contributed by atoms with Crippen molar-refractivity contribution in [3.63, 3.8) is 0 Å². The van der Waals surface area contributed by atoms with Gasteiger partial charge in [0.25, 0.3) is 0 Å². The normalized spacial score (nSPS) is 16.2. The van der Waals surface area contributed by atoms with Crippen LogP contribution in [0.25, 0.3) is 22.4 Å². The molecule has 4 nitrogen and oxygen atoms in total. The van der Waals surface area contributed by atoms with Crippen LogP contribution in [0.5, 0.6) is 0 Å². The van der Waals surface area contributed by atoms with Crippen LogP contribution < -0.4 is 0 Å². The van der Waals surface area contributed by atoms with Crippen LogP contribution in [0, 0.1) is 5.82 Å². The number of carbonyl (C=O) groups excluding carboxylic acids is 2. The van der Waals surface area contributed by atoms with Gasteiger partial charge < -0.3 is 9.30 Å². The molecule has 5 heteroatoms. The maximum absolute atomic E-state index is 13.7. The van der Waals surface area contributed by atoms with E-state index in [1.807, 2.05) is 30.3 Å². The molecule has 0 spiro atoms. The molecule has 1 atom stereocenters. The molecule has 0 bridgehead atoms. The van der Waals surface area contributed by atoms with E-state index in [2.05, 4.69) is 18.4 Å². The van der Waals surface area contributed by atoms with Gasteiger partial charge in [-0.1, -0.05) is 44.2 Å². The quantitative estimate of drug-likeness (QED) is 0.321. The predicted molar refractivity (Wildman–Crippen MR) is 123 cm³/mol. The van der Waals surface area contributed by atoms with E-state index in [1.54, 1.807) is 12.1 Å². The topological polar surface area (TPSA) is 48.3 Å². The van der Waals surface area contributed by atoms with Gasteiger partial charge in [0.05, 0.1) is 5.69 Å². The highest BCUT2D eigenvalue weighted by Gasteiger charge is 2.27. The average Bonchev–Trinajstić information content (AvgIpc) is 3.13. The summed E-state index contributed by atoms with van der Waals surface area (Å²) in [7, 11) is 0. The van der Waals surface area contributed by atoms with Crippen molar-refractivity contribution < 1.29 is 18.7 Å². The molecule has 0 radical (unpaired) electrons. The lowest BCUT2D eigenvalue weighted by molar-refractivity contribution is -0.154. The summed E-state index contributed by atoms with van der Waals surface area (Å²) in [6, 6.07) is 16.2. The Balaban J connectivity index is 1.89. The molecule has 0 aliphatic carbocycles. The van der Waals surface area contributed by atoms with E-state index in [9.17, 15) is 14.0 Å². The van der Waals surface area contributed by atoms with E-state index in [-0.39, 0.29) is 23.8 Å². The molecule has 2 heterocycles. The van der Waals surface area contributed by atoms with Crippen LogP contribution in [0.1, 0.15) is 61.5 Å². The van der Waals surface area contributed by atoms with Crippen molar-refractivity contribution in [2.75, 3.05) is 0 Å². The number of halogens is 1. The summed E-state index contributed by atoms with van der Waals surface area (Å²) in [4.78, 5) is 24.1. The van der Waals surface area contributed by atoms with E-state index >= 15 is 0 Å². The number of ether oxygens (including phenoxy) is 1. The molecule has 0 amide bonds. The Morgan fingerprint density at radius 2 is 1.81 bits per heavy atom. The Morgan fingerprint density at radius 3 is 2.44 bits per heavy atom. The van der Waals surface area contributed by atoms with Gasteiger partial charge in [-0.25, -0.2) is 4.39 Å². The van der Waals surface area contributed by atoms with Gasteiger partial charge in [0.1, 0.15) is 11.9 Å². The SMILES string of the molecule is CC(C)c1c(C=O)c(-c2ccccc2)c(-c2ccc(F)cc2)n1CCC1CCCC(=O)O1. The van der Waals surface area contributed by atoms with Crippen molar-refractivity contribution in [3.8, 4) is 22.4 Å². The zero-order chi connectivity index (χ0) is 22.7. The molecule has 1 fully saturated rings. The zero-order valence-corrected chi connectivity index (χ0v) is 18.5. The third kappa shape index (κ3) is 4.38. The minimum Gasteiger partial charge on any atom is -0.462 e. The third-order valence-electron chi connectivity index (χ3n) is 6.07. The lowest BCUT2D eigenvalue weighted by Crippen LogP contribution is -2.25. The van der Waals surface area contributed by atoms with E-state index in [1.165, 1.54) is 12.1 Å². The van der Waals surface area contributed by atoms with Crippen molar-refractivity contribution in [2.24, 2.45) is 0 Å². The Kier molecular flexibility index (Phi) is 6.54. The number of rotatable bonds is 7. The number of nitrogens with zero attached hydrogens (tertiary/aromatic N) is 1. The lowest BCUT2D eigenvalue weighted by Gasteiger charge is -2.24. The largest absolute Gasteiger partial charge is 0.462 e. The summed E-state index contributed by atoms with van der Waals surface area (Å²) < 4.78 is 21.4. The summed E-state index contributed by atoms with van der Waals surface area (Å²) in [5.41, 5.74) is 5.15. The monoisotopic (exact) mass is 433 g/mol. The van der Waals surface area contributed by atoms with Crippen molar-refractivity contribution in [1.29, 1.82) is 0 Å². The Morgan fingerprint density at radius 1 is 1.09 bits per heavy atom. The van der Waals surface area contributed by atoms with Crippen LogP contribution >= 0.6 is 0 Å². The average molecular weight is 434 g/mol. The van der Waals surface area contributed by atoms with Crippen LogP contribution in [0.4, 0.5) is 4.39 Å². The maximum atomic E-state index is 13.7. The highest BCUT2D eigenvalue weighted by Crippen LogP contribution is 2.41. The Hall–Kier alpha value is -3.21. The van der Waals surface area contributed by atoms with Gasteiger partial charge in [-0.2, -0.15) is 0 Å². The first kappa shape index (κ1) is 22.0. The number of hydrogen-bond acceptors (Lipinski definition) is 3. The molecular formula is C27H28FNO3. The third-order valence-corrected chi connectivity index (χ3v) is 6.07. The zero-order valence-electron chi connectivity index (χ0n) is 18.5. The molecule has 1 saturated heterocycles. The van der Waals surface area contributed by atoms with Crippen molar-refractivity contribution in [1.82, 2.24) is 4.57 Å². The highest BCUT2D eigenvalue weighted by atomic mass is 19.1. The summed E-state index contributed by atoms with van der Waals surface area (Å²) in [6.07, 6.45) is 3.64. The van der Waals surface area contributed by atoms with Crippen LogP contribution in [-0.2, 0) is 16.1 Å². The number of cyclic esters (lactones) is 1. The number of aldehydes is 1. The molecule has 1 aromatic heterocycles. The molecular weight excluding hydrogens is 405 g/mol. The fraction of sp³-hybridized carbons (Fsp3) is 0.333. The van der Waals surface area contributed by atoms with E-state index in [0.717, 1.165) is 47.2 Å². The summed E-state index contributed by atoms with van der Waals surface area (Å²) in [5.74, 6) is -0.349. The molecule has 0 saturated carbocycles. The van der Waals surface area contributed by atoms with Gasteiger partial charge in [-0.15, -0.1) is 0 Å². The first-order valence-electron chi connectivity index (χ1n) is 11.2. The molecule has 1 aliphatic rings. The van der Waals surface area contributed by atoms with Gasteiger partial charge in [0, 0.05) is 36.2 Å². The summed E-state index contributed by atoms with van der Waals surface area (Å²) >= 11 is 0. The number of esters is 1. The van der Waals surface area contributed by atoms with E-state index in [0.29, 0.717) is 24.9 Å². The molecule has 166 valence electrons. The second-order valence-electron chi connectivity index (χ2n) is 8.61. The molecule has 3 aromatic rings. The fourth-order valence-corrected chi connectivity index (χ4v) is 4.69. The van der Waals surface area contributed by atoms with Crippen LogP contribution in [-0.4, -0.2) is 22.9 Å². The van der Waals surface area contributed by atoms with Crippen molar-refractivity contribution in [3.05, 3.63) is 71.7 Å². The second-order valence-corrected chi connectivity index (χ2v) is 8.61. The number of aromatic nitrogens is 1. The van der Waals surface area contributed by atoms with Gasteiger partial charge >= 0.3 is 5.97 Å². The van der Waals surface area contributed by atoms with Crippen LogP contribution in [0.15, 0.2) is 54.6 Å². The smallest absolute Gasteiger partial charge is 0.306 e. The standard InChI is InChI=1S/C27H28FNO3/c1-18(2)26-23(17-30)25(19-7-4-3-5-8-19)27(20-11-13-21(28)14-12-20)29(26)16-15-22-9-6-10-24(31)32-22/h3-5,7-8,11-14,17-18,22H,6,9-10,15-16H2,1-2H3. The van der Waals surface area contributed by atoms with E-state index in [4.69, 9.17) is 4.74 Å². The van der Waals surface area contributed by atoms with Gasteiger partial charge in [0.2, 0.25) is 0 Å². The van der Waals surface area contributed by atoms with Gasteiger partial charge in [-0.05, 0) is 54.2 Å². The number of benzene rings is 2. The molecule has 32 heavy (non-hydrogen) atoms. The van der Waals surface area contributed by atoms with Gasteiger partial charge in [-0.3, -0.25) is 9.59 Å².